The lowest BCUT2D eigenvalue weighted by Crippen LogP contribution is -2.13. The van der Waals surface area contributed by atoms with Crippen LogP contribution in [0.5, 0.6) is 11.5 Å². The lowest BCUT2D eigenvalue weighted by atomic mass is 10.1. The molecule has 0 unspecified atom stereocenters. The summed E-state index contributed by atoms with van der Waals surface area (Å²) in [5, 5.41) is 20.5. The van der Waals surface area contributed by atoms with Crippen molar-refractivity contribution in [3.8, 4) is 11.5 Å². The van der Waals surface area contributed by atoms with E-state index >= 15 is 0 Å². The second kappa shape index (κ2) is 7.81. The van der Waals surface area contributed by atoms with Crippen LogP contribution in [0.2, 0.25) is 0 Å². The summed E-state index contributed by atoms with van der Waals surface area (Å²) in [6.45, 7) is 1.68. The molecule has 0 atom stereocenters. The van der Waals surface area contributed by atoms with Crippen LogP contribution < -0.4 is 14.8 Å². The molecule has 3 aromatic rings. The Bertz CT molecular complexity index is 801. The van der Waals surface area contributed by atoms with Crippen LogP contribution in [0.25, 0.3) is 10.9 Å². The molecular weight excluding hydrogens is 306 g/mol. The van der Waals surface area contributed by atoms with Crippen molar-refractivity contribution in [3.63, 3.8) is 0 Å². The van der Waals surface area contributed by atoms with Crippen molar-refractivity contribution in [1.82, 2.24) is 15.5 Å². The average Bonchev–Trinajstić information content (AvgIpc) is 3.10. The Morgan fingerprint density at radius 2 is 2.08 bits per heavy atom. The molecule has 0 aliphatic heterocycles. The number of methoxy groups -OCH3 is 1. The summed E-state index contributed by atoms with van der Waals surface area (Å²) in [7, 11) is 1.61. The molecule has 0 bridgehead atoms. The van der Waals surface area contributed by atoms with E-state index in [1.807, 2.05) is 36.5 Å². The second-order valence-corrected chi connectivity index (χ2v) is 5.41. The third-order valence-corrected chi connectivity index (χ3v) is 3.78. The topological polar surface area (TPSA) is 79.4 Å². The first-order valence-electron chi connectivity index (χ1n) is 7.84. The third-order valence-electron chi connectivity index (χ3n) is 3.78. The van der Waals surface area contributed by atoms with Gasteiger partial charge in [-0.05, 0) is 23.3 Å². The van der Waals surface area contributed by atoms with Crippen molar-refractivity contribution in [1.29, 1.82) is 0 Å². The third kappa shape index (κ3) is 3.67. The van der Waals surface area contributed by atoms with Gasteiger partial charge in [0.1, 0.15) is 6.61 Å². The van der Waals surface area contributed by atoms with Gasteiger partial charge < -0.3 is 19.9 Å². The van der Waals surface area contributed by atoms with Crippen LogP contribution in [0.4, 0.5) is 0 Å². The molecule has 0 radical (unpaired) electrons. The quantitative estimate of drug-likeness (QED) is 0.591. The maximum Gasteiger partial charge on any atom is 0.161 e. The molecule has 1 heterocycles. The number of aromatic amines is 1. The van der Waals surface area contributed by atoms with E-state index in [-0.39, 0.29) is 13.2 Å². The van der Waals surface area contributed by atoms with E-state index in [1.165, 1.54) is 5.56 Å². The van der Waals surface area contributed by atoms with Crippen LogP contribution in [0, 0.1) is 0 Å². The Balaban J connectivity index is 1.63. The summed E-state index contributed by atoms with van der Waals surface area (Å²) in [5.74, 6) is 1.30. The van der Waals surface area contributed by atoms with Gasteiger partial charge in [-0.3, -0.25) is 5.10 Å². The number of para-hydroxylation sites is 1. The highest BCUT2D eigenvalue weighted by Gasteiger charge is 2.06. The number of H-pyrrole nitrogens is 1. The molecule has 0 fully saturated rings. The van der Waals surface area contributed by atoms with Crippen molar-refractivity contribution >= 4 is 10.9 Å². The molecule has 1 aromatic heterocycles. The van der Waals surface area contributed by atoms with Gasteiger partial charge in [0.25, 0.3) is 0 Å². The van der Waals surface area contributed by atoms with Gasteiger partial charge in [0.2, 0.25) is 0 Å². The number of aromatic nitrogens is 2. The van der Waals surface area contributed by atoms with Gasteiger partial charge in [0, 0.05) is 18.5 Å². The Labute approximate surface area is 140 Å². The molecule has 6 nitrogen and oxygen atoms in total. The lowest BCUT2D eigenvalue weighted by Gasteiger charge is -2.12. The predicted molar refractivity (Wildman–Crippen MR) is 92.2 cm³/mol. The van der Waals surface area contributed by atoms with Crippen LogP contribution in [0.1, 0.15) is 11.1 Å². The lowest BCUT2D eigenvalue weighted by molar-refractivity contribution is 0.196. The maximum absolute atomic E-state index is 8.85. The van der Waals surface area contributed by atoms with Gasteiger partial charge >= 0.3 is 0 Å². The Hall–Kier alpha value is -2.57. The number of benzene rings is 2. The van der Waals surface area contributed by atoms with E-state index in [1.54, 1.807) is 7.11 Å². The fourth-order valence-corrected chi connectivity index (χ4v) is 2.62. The fourth-order valence-electron chi connectivity index (χ4n) is 2.62. The zero-order valence-corrected chi connectivity index (χ0v) is 13.6. The Morgan fingerprint density at radius 3 is 2.92 bits per heavy atom. The molecule has 3 rings (SSSR count). The maximum atomic E-state index is 8.85. The normalized spacial score (nSPS) is 10.9. The number of aliphatic hydroxyl groups is 1. The molecule has 0 aliphatic rings. The van der Waals surface area contributed by atoms with Gasteiger partial charge in [-0.15, -0.1) is 0 Å². The number of hydrogen-bond donors (Lipinski definition) is 3. The standard InChI is InChI=1S/C18H21N3O3/c1-23-17-9-13(5-6-16(17)24-8-7-22)10-19-11-14-3-2-4-15-12-20-21-18(14)15/h2-6,9,12,19,22H,7-8,10-11H2,1H3,(H,20,21). The molecule has 3 N–H and O–H groups in total. The zero-order valence-electron chi connectivity index (χ0n) is 13.6. The van der Waals surface area contributed by atoms with Crippen LogP contribution in [-0.2, 0) is 13.1 Å². The number of nitrogens with zero attached hydrogens (tertiary/aromatic N) is 1. The molecule has 2 aromatic carbocycles. The highest BCUT2D eigenvalue weighted by atomic mass is 16.5. The monoisotopic (exact) mass is 327 g/mol. The van der Waals surface area contributed by atoms with Gasteiger partial charge in [-0.2, -0.15) is 5.10 Å². The number of fused-ring (bicyclic) bond motifs is 1. The van der Waals surface area contributed by atoms with Crippen molar-refractivity contribution in [2.45, 2.75) is 13.1 Å². The molecule has 0 aliphatic carbocycles. The summed E-state index contributed by atoms with van der Waals surface area (Å²) in [6, 6.07) is 11.9. The number of ether oxygens (including phenoxy) is 2. The fraction of sp³-hybridized carbons (Fsp3) is 0.278. The average molecular weight is 327 g/mol. The number of hydrogen-bond acceptors (Lipinski definition) is 5. The van der Waals surface area contributed by atoms with E-state index < -0.39 is 0 Å². The molecule has 0 spiro atoms. The molecule has 0 amide bonds. The molecular formula is C18H21N3O3. The highest BCUT2D eigenvalue weighted by molar-refractivity contribution is 5.81. The van der Waals surface area contributed by atoms with Crippen LogP contribution in [0.15, 0.2) is 42.6 Å². The summed E-state index contributed by atoms with van der Waals surface area (Å²) < 4.78 is 10.8. The van der Waals surface area contributed by atoms with Crippen molar-refractivity contribution < 1.29 is 14.6 Å². The number of nitrogens with one attached hydrogen (secondary N) is 2. The molecule has 6 heteroatoms. The highest BCUT2D eigenvalue weighted by Crippen LogP contribution is 2.28. The van der Waals surface area contributed by atoms with E-state index in [0.29, 0.717) is 18.0 Å². The van der Waals surface area contributed by atoms with Gasteiger partial charge in [-0.1, -0.05) is 24.3 Å². The van der Waals surface area contributed by atoms with Crippen LogP contribution >= 0.6 is 0 Å². The molecule has 126 valence electrons. The first kappa shape index (κ1) is 16.3. The van der Waals surface area contributed by atoms with Gasteiger partial charge in [0.05, 0.1) is 25.4 Å². The SMILES string of the molecule is COc1cc(CNCc2cccc3cn[nH]c23)ccc1OCCO. The van der Waals surface area contributed by atoms with Crippen molar-refractivity contribution in [2.75, 3.05) is 20.3 Å². The first-order chi connectivity index (χ1) is 11.8. The second-order valence-electron chi connectivity index (χ2n) is 5.41. The largest absolute Gasteiger partial charge is 0.493 e. The minimum absolute atomic E-state index is 0.0222. The minimum atomic E-state index is -0.0222. The van der Waals surface area contributed by atoms with E-state index in [2.05, 4.69) is 21.6 Å². The van der Waals surface area contributed by atoms with Crippen LogP contribution in [-0.4, -0.2) is 35.6 Å². The van der Waals surface area contributed by atoms with E-state index in [9.17, 15) is 0 Å². The van der Waals surface area contributed by atoms with Gasteiger partial charge in [0.15, 0.2) is 11.5 Å². The Kier molecular flexibility index (Phi) is 5.30. The van der Waals surface area contributed by atoms with Gasteiger partial charge in [-0.25, -0.2) is 0 Å². The molecule has 0 saturated heterocycles. The van der Waals surface area contributed by atoms with Crippen molar-refractivity contribution in [3.05, 3.63) is 53.7 Å². The number of rotatable bonds is 8. The summed E-state index contributed by atoms with van der Waals surface area (Å²) in [6.07, 6.45) is 1.83. The smallest absolute Gasteiger partial charge is 0.161 e. The molecule has 0 saturated carbocycles. The summed E-state index contributed by atoms with van der Waals surface area (Å²) >= 11 is 0. The van der Waals surface area contributed by atoms with E-state index in [4.69, 9.17) is 14.6 Å². The minimum Gasteiger partial charge on any atom is -0.493 e. The van der Waals surface area contributed by atoms with Crippen LogP contribution in [0.3, 0.4) is 0 Å². The first-order valence-corrected chi connectivity index (χ1v) is 7.84. The number of aliphatic hydroxyl groups excluding tert-OH is 1. The zero-order chi connectivity index (χ0) is 16.8. The van der Waals surface area contributed by atoms with E-state index in [0.717, 1.165) is 23.0 Å². The Morgan fingerprint density at radius 1 is 1.17 bits per heavy atom. The van der Waals surface area contributed by atoms with Crippen molar-refractivity contribution in [2.24, 2.45) is 0 Å². The molecule has 24 heavy (non-hydrogen) atoms. The summed E-state index contributed by atoms with van der Waals surface area (Å²) in [4.78, 5) is 0. The predicted octanol–water partition coefficient (Wildman–Crippen LogP) is 2.23. The summed E-state index contributed by atoms with van der Waals surface area (Å²) in [5.41, 5.74) is 3.34.